The minimum Gasteiger partial charge on any atom is -0.370 e. The van der Waals surface area contributed by atoms with Gasteiger partial charge in [0.05, 0.1) is 5.56 Å². The first kappa shape index (κ1) is 12.5. The first-order chi connectivity index (χ1) is 7.30. The van der Waals surface area contributed by atoms with E-state index in [4.69, 9.17) is 5.73 Å². The molecule has 0 aliphatic heterocycles. The number of rotatable bonds is 3. The fraction of sp³-hybridized carbons (Fsp3) is 0.200. The fourth-order valence-electron chi connectivity index (χ4n) is 1.08. The lowest BCUT2D eigenvalue weighted by atomic mass is 10.1. The van der Waals surface area contributed by atoms with Crippen molar-refractivity contribution in [3.8, 4) is 0 Å². The van der Waals surface area contributed by atoms with Gasteiger partial charge < -0.3 is 5.73 Å². The number of benzene rings is 1. The van der Waals surface area contributed by atoms with Crippen molar-refractivity contribution in [1.29, 1.82) is 0 Å². The zero-order chi connectivity index (χ0) is 12.3. The molecule has 0 atom stereocenters. The van der Waals surface area contributed by atoms with Crippen molar-refractivity contribution in [2.45, 2.75) is 12.6 Å². The number of primary amides is 1. The molecule has 0 fully saturated rings. The molecular formula is C10H8F4NO. The highest BCUT2D eigenvalue weighted by Gasteiger charge is 2.31. The number of alkyl halides is 3. The Morgan fingerprint density at radius 3 is 2.44 bits per heavy atom. The summed E-state index contributed by atoms with van der Waals surface area (Å²) >= 11 is 0. The largest absolute Gasteiger partial charge is 0.416 e. The maximum absolute atomic E-state index is 13.1. The topological polar surface area (TPSA) is 43.1 Å². The molecule has 2 nitrogen and oxygen atoms in total. The van der Waals surface area contributed by atoms with E-state index in [0.29, 0.717) is 6.07 Å². The molecule has 0 aromatic heterocycles. The highest BCUT2D eigenvalue weighted by molar-refractivity contribution is 5.75. The number of carbonyl (C=O) groups is 1. The van der Waals surface area contributed by atoms with Crippen LogP contribution in [0.1, 0.15) is 17.5 Å². The van der Waals surface area contributed by atoms with Crippen LogP contribution in [0, 0.1) is 12.2 Å². The first-order valence-electron chi connectivity index (χ1n) is 4.29. The van der Waals surface area contributed by atoms with Crippen molar-refractivity contribution < 1.29 is 22.4 Å². The van der Waals surface area contributed by atoms with Gasteiger partial charge in [0.25, 0.3) is 0 Å². The Balaban J connectivity index is 2.88. The molecule has 2 N–H and O–H groups in total. The van der Waals surface area contributed by atoms with E-state index in [-0.39, 0.29) is 12.0 Å². The van der Waals surface area contributed by atoms with Gasteiger partial charge in [-0.3, -0.25) is 4.79 Å². The molecule has 1 aromatic rings. The van der Waals surface area contributed by atoms with E-state index in [1.807, 2.05) is 0 Å². The summed E-state index contributed by atoms with van der Waals surface area (Å²) in [5.41, 5.74) is 3.67. The van der Waals surface area contributed by atoms with Crippen LogP contribution in [0.5, 0.6) is 0 Å². The lowest BCUT2D eigenvalue weighted by Crippen LogP contribution is -2.11. The van der Waals surface area contributed by atoms with Gasteiger partial charge in [-0.15, -0.1) is 0 Å². The second-order valence-corrected chi connectivity index (χ2v) is 3.11. The highest BCUT2D eigenvalue weighted by atomic mass is 19.4. The third-order valence-electron chi connectivity index (χ3n) is 1.85. The Morgan fingerprint density at radius 1 is 1.38 bits per heavy atom. The summed E-state index contributed by atoms with van der Waals surface area (Å²) in [5, 5.41) is 0. The third kappa shape index (κ3) is 3.22. The number of hydrogen-bond donors (Lipinski definition) is 1. The predicted octanol–water partition coefficient (Wildman–Crippen LogP) is 2.27. The van der Waals surface area contributed by atoms with Crippen LogP contribution in [0.15, 0.2) is 18.2 Å². The van der Waals surface area contributed by atoms with Crippen LogP contribution in [-0.4, -0.2) is 5.91 Å². The van der Waals surface area contributed by atoms with Gasteiger partial charge in [-0.2, -0.15) is 13.2 Å². The quantitative estimate of drug-likeness (QED) is 0.801. The maximum Gasteiger partial charge on any atom is 0.416 e. The monoisotopic (exact) mass is 234 g/mol. The van der Waals surface area contributed by atoms with Crippen molar-refractivity contribution in [2.75, 3.05) is 0 Å². The van der Waals surface area contributed by atoms with Gasteiger partial charge in [0, 0.05) is 12.8 Å². The van der Waals surface area contributed by atoms with Gasteiger partial charge in [-0.25, -0.2) is 4.39 Å². The average molecular weight is 234 g/mol. The fourth-order valence-corrected chi connectivity index (χ4v) is 1.08. The Kier molecular flexibility index (Phi) is 3.51. The molecule has 0 saturated heterocycles. The molecule has 1 rings (SSSR count). The van der Waals surface area contributed by atoms with Crippen molar-refractivity contribution in [2.24, 2.45) is 5.73 Å². The number of carbonyl (C=O) groups excluding carboxylic acids is 1. The number of hydrogen-bond acceptors (Lipinski definition) is 1. The van der Waals surface area contributed by atoms with Crippen LogP contribution in [-0.2, 0) is 11.0 Å². The summed E-state index contributed by atoms with van der Waals surface area (Å²) in [6.07, 6.45) is -3.66. The number of nitrogens with two attached hydrogens (primary N) is 1. The van der Waals surface area contributed by atoms with Gasteiger partial charge >= 0.3 is 6.18 Å². The molecule has 0 aliphatic carbocycles. The Hall–Kier alpha value is -1.59. The van der Waals surface area contributed by atoms with Gasteiger partial charge in [0.1, 0.15) is 5.82 Å². The third-order valence-corrected chi connectivity index (χ3v) is 1.85. The number of amides is 1. The molecule has 0 saturated carbocycles. The van der Waals surface area contributed by atoms with Crippen molar-refractivity contribution in [3.05, 3.63) is 41.6 Å². The SMILES string of the molecule is NC(=O)C[CH]c1ccc(C(F)(F)F)cc1F. The predicted molar refractivity (Wildman–Crippen MR) is 48.6 cm³/mol. The molecule has 0 spiro atoms. The zero-order valence-electron chi connectivity index (χ0n) is 8.01. The highest BCUT2D eigenvalue weighted by Crippen LogP contribution is 2.30. The summed E-state index contributed by atoms with van der Waals surface area (Å²) in [4.78, 5) is 10.4. The molecule has 1 aromatic carbocycles. The zero-order valence-corrected chi connectivity index (χ0v) is 8.01. The number of halogens is 4. The van der Waals surface area contributed by atoms with Gasteiger partial charge in [-0.1, -0.05) is 6.07 Å². The standard InChI is InChI=1S/C10H8F4NO/c11-8-5-7(10(12,13)14)3-1-6(8)2-4-9(15)16/h1-3,5H,4H2,(H2,15,16). The van der Waals surface area contributed by atoms with Crippen molar-refractivity contribution in [1.82, 2.24) is 0 Å². The Morgan fingerprint density at radius 2 is 2.00 bits per heavy atom. The van der Waals surface area contributed by atoms with Crippen LogP contribution < -0.4 is 5.73 Å². The van der Waals surface area contributed by atoms with E-state index in [1.54, 1.807) is 0 Å². The van der Waals surface area contributed by atoms with E-state index in [9.17, 15) is 22.4 Å². The Bertz CT molecular complexity index is 400. The molecule has 6 heteroatoms. The van der Waals surface area contributed by atoms with E-state index in [2.05, 4.69) is 0 Å². The molecule has 87 valence electrons. The average Bonchev–Trinajstić information content (AvgIpc) is 2.14. The molecule has 1 amide bonds. The van der Waals surface area contributed by atoms with Gasteiger partial charge in [-0.05, 0) is 17.7 Å². The van der Waals surface area contributed by atoms with Gasteiger partial charge in [0.15, 0.2) is 0 Å². The van der Waals surface area contributed by atoms with Crippen LogP contribution in [0.25, 0.3) is 0 Å². The lowest BCUT2D eigenvalue weighted by Gasteiger charge is -2.08. The molecule has 0 bridgehead atoms. The molecule has 0 aliphatic rings. The van der Waals surface area contributed by atoms with Crippen LogP contribution in [0.4, 0.5) is 17.6 Å². The summed E-state index contributed by atoms with van der Waals surface area (Å²) in [6, 6.07) is 2.09. The molecule has 0 unspecified atom stereocenters. The molecule has 1 radical (unpaired) electrons. The smallest absolute Gasteiger partial charge is 0.370 e. The molecule has 16 heavy (non-hydrogen) atoms. The van der Waals surface area contributed by atoms with Crippen LogP contribution in [0.2, 0.25) is 0 Å². The Labute approximate surface area is 89.1 Å². The summed E-state index contributed by atoms with van der Waals surface area (Å²) < 4.78 is 49.6. The van der Waals surface area contributed by atoms with E-state index < -0.39 is 23.5 Å². The summed E-state index contributed by atoms with van der Waals surface area (Å²) in [7, 11) is 0. The normalized spacial score (nSPS) is 11.5. The first-order valence-corrected chi connectivity index (χ1v) is 4.29. The second kappa shape index (κ2) is 4.51. The summed E-state index contributed by atoms with van der Waals surface area (Å²) in [5.74, 6) is -1.71. The second-order valence-electron chi connectivity index (χ2n) is 3.11. The van der Waals surface area contributed by atoms with Crippen LogP contribution >= 0.6 is 0 Å². The van der Waals surface area contributed by atoms with E-state index >= 15 is 0 Å². The molecule has 0 heterocycles. The van der Waals surface area contributed by atoms with Crippen molar-refractivity contribution >= 4 is 5.91 Å². The van der Waals surface area contributed by atoms with E-state index in [1.165, 1.54) is 0 Å². The summed E-state index contributed by atoms with van der Waals surface area (Å²) in [6.45, 7) is 0. The van der Waals surface area contributed by atoms with Crippen molar-refractivity contribution in [3.63, 3.8) is 0 Å². The molecular weight excluding hydrogens is 226 g/mol. The van der Waals surface area contributed by atoms with Crippen LogP contribution in [0.3, 0.4) is 0 Å². The maximum atomic E-state index is 13.1. The van der Waals surface area contributed by atoms with E-state index in [0.717, 1.165) is 18.6 Å². The van der Waals surface area contributed by atoms with Gasteiger partial charge in [0.2, 0.25) is 5.91 Å². The minimum absolute atomic E-state index is 0.0770. The lowest BCUT2D eigenvalue weighted by molar-refractivity contribution is -0.137. The minimum atomic E-state index is -4.58.